The molecule has 0 bridgehead atoms. The van der Waals surface area contributed by atoms with Crippen molar-refractivity contribution in [2.75, 3.05) is 6.26 Å². The molecule has 5 nitrogen and oxygen atoms in total. The van der Waals surface area contributed by atoms with Gasteiger partial charge in [-0.1, -0.05) is 0 Å². The zero-order valence-corrected chi connectivity index (χ0v) is 16.4. The maximum atomic E-state index is 14.6. The molecule has 1 N–H and O–H groups in total. The van der Waals surface area contributed by atoms with Crippen LogP contribution in [0.2, 0.25) is 0 Å². The minimum absolute atomic E-state index is 0.162. The number of nitrogens with one attached hydrogen (secondary N) is 1. The van der Waals surface area contributed by atoms with Crippen molar-refractivity contribution in [3.63, 3.8) is 0 Å². The number of alkyl halides is 6. The lowest BCUT2D eigenvalue weighted by Gasteiger charge is -2.10. The van der Waals surface area contributed by atoms with Crippen molar-refractivity contribution in [3.8, 4) is 28.3 Å². The Kier molecular flexibility index (Phi) is 5.70. The van der Waals surface area contributed by atoms with E-state index >= 15 is 0 Å². The van der Waals surface area contributed by atoms with E-state index in [1.54, 1.807) is 0 Å². The number of aromatic amines is 1. The van der Waals surface area contributed by atoms with E-state index in [2.05, 4.69) is 9.72 Å². The summed E-state index contributed by atoms with van der Waals surface area (Å²) >= 11 is 0. The zero-order valence-electron chi connectivity index (χ0n) is 15.6. The molecule has 3 rings (SSSR count). The SMILES string of the molecule is CS(=O)(=O)c1cc(F)c(-c2nc(C(F)(F)F)[nH]c2-c2ccc(OC(F)(F)F)cc2)cc1F. The van der Waals surface area contributed by atoms with Crippen LogP contribution in [0.3, 0.4) is 0 Å². The van der Waals surface area contributed by atoms with E-state index in [1.165, 1.54) is 0 Å². The minimum Gasteiger partial charge on any atom is -0.406 e. The van der Waals surface area contributed by atoms with Gasteiger partial charge in [-0.05, 0) is 36.4 Å². The van der Waals surface area contributed by atoms with Crippen LogP contribution in [-0.2, 0) is 16.0 Å². The molecule has 32 heavy (non-hydrogen) atoms. The second-order valence-electron chi connectivity index (χ2n) is 6.41. The third kappa shape index (κ3) is 5.00. The molecule has 0 saturated heterocycles. The van der Waals surface area contributed by atoms with Crippen LogP contribution in [0.4, 0.5) is 35.1 Å². The van der Waals surface area contributed by atoms with Gasteiger partial charge >= 0.3 is 12.5 Å². The Labute approximate surface area is 174 Å². The maximum absolute atomic E-state index is 14.6. The Morgan fingerprint density at radius 2 is 1.53 bits per heavy atom. The summed E-state index contributed by atoms with van der Waals surface area (Å²) in [4.78, 5) is 4.13. The first-order chi connectivity index (χ1) is 14.6. The summed E-state index contributed by atoms with van der Waals surface area (Å²) in [5.74, 6) is -5.08. The molecule has 2 aromatic carbocycles. The largest absolute Gasteiger partial charge is 0.573 e. The van der Waals surface area contributed by atoms with Gasteiger partial charge in [0.1, 0.15) is 22.3 Å². The molecule has 0 atom stereocenters. The predicted molar refractivity (Wildman–Crippen MR) is 94.2 cm³/mol. The molecule has 0 fully saturated rings. The van der Waals surface area contributed by atoms with Gasteiger partial charge in [0.15, 0.2) is 9.84 Å². The average molecular weight is 486 g/mol. The molecule has 1 heterocycles. The van der Waals surface area contributed by atoms with Gasteiger partial charge in [0, 0.05) is 17.4 Å². The highest BCUT2D eigenvalue weighted by Crippen LogP contribution is 2.38. The summed E-state index contributed by atoms with van der Waals surface area (Å²) in [7, 11) is -4.18. The number of hydrogen-bond donors (Lipinski definition) is 1. The molecule has 0 aliphatic rings. The molecule has 0 saturated carbocycles. The van der Waals surface area contributed by atoms with Crippen LogP contribution in [-0.4, -0.2) is 31.0 Å². The fraction of sp³-hybridized carbons (Fsp3) is 0.167. The Hall–Kier alpha value is -3.16. The zero-order chi connectivity index (χ0) is 24.1. The summed E-state index contributed by atoms with van der Waals surface area (Å²) in [5, 5.41) is 0. The molecule has 0 aliphatic carbocycles. The van der Waals surface area contributed by atoms with Gasteiger partial charge < -0.3 is 9.72 Å². The van der Waals surface area contributed by atoms with Crippen LogP contribution in [0.1, 0.15) is 5.82 Å². The van der Waals surface area contributed by atoms with Crippen LogP contribution in [0, 0.1) is 11.6 Å². The van der Waals surface area contributed by atoms with E-state index < -0.39 is 67.4 Å². The van der Waals surface area contributed by atoms with Gasteiger partial charge in [-0.15, -0.1) is 13.2 Å². The summed E-state index contributed by atoms with van der Waals surface area (Å²) in [6.07, 6.45) is -9.43. The summed E-state index contributed by atoms with van der Waals surface area (Å²) in [6.45, 7) is 0. The molecule has 3 aromatic rings. The van der Waals surface area contributed by atoms with Crippen molar-refractivity contribution in [1.82, 2.24) is 9.97 Å². The summed E-state index contributed by atoms with van der Waals surface area (Å²) in [6, 6.07) is 4.14. The highest BCUT2D eigenvalue weighted by molar-refractivity contribution is 7.90. The van der Waals surface area contributed by atoms with E-state index in [-0.39, 0.29) is 5.56 Å². The Balaban J connectivity index is 2.18. The highest BCUT2D eigenvalue weighted by atomic mass is 32.2. The van der Waals surface area contributed by atoms with Crippen LogP contribution in [0.5, 0.6) is 5.75 Å². The van der Waals surface area contributed by atoms with Gasteiger partial charge in [-0.2, -0.15) is 13.2 Å². The van der Waals surface area contributed by atoms with Gasteiger partial charge in [-0.3, -0.25) is 0 Å². The lowest BCUT2D eigenvalue weighted by molar-refractivity contribution is -0.274. The number of ether oxygens (including phenoxy) is 1. The monoisotopic (exact) mass is 486 g/mol. The molecule has 0 radical (unpaired) electrons. The topological polar surface area (TPSA) is 72.0 Å². The molecule has 0 amide bonds. The van der Waals surface area contributed by atoms with Crippen LogP contribution in [0.15, 0.2) is 41.3 Å². The summed E-state index contributed by atoms with van der Waals surface area (Å²) in [5.41, 5.74) is -2.20. The minimum atomic E-state index is -5.03. The predicted octanol–water partition coefficient (Wildman–Crippen LogP) is 5.34. The van der Waals surface area contributed by atoms with Crippen molar-refractivity contribution in [2.24, 2.45) is 0 Å². The van der Waals surface area contributed by atoms with Crippen molar-refractivity contribution in [2.45, 2.75) is 17.4 Å². The number of halogens is 8. The van der Waals surface area contributed by atoms with Gasteiger partial charge in [0.2, 0.25) is 5.82 Å². The fourth-order valence-electron chi connectivity index (χ4n) is 2.73. The van der Waals surface area contributed by atoms with Gasteiger partial charge in [0.05, 0.1) is 11.4 Å². The standard InChI is InChI=1S/C18H10F8N2O3S/c1-32(29,30)13-7-11(19)10(6-12(13)20)15-14(27-16(28-15)17(21,22)23)8-2-4-9(5-3-8)31-18(24,25)26/h2-7H,1H3,(H,27,28). The Morgan fingerprint density at radius 1 is 0.938 bits per heavy atom. The number of imidazole rings is 1. The third-order valence-electron chi connectivity index (χ3n) is 4.03. The van der Waals surface area contributed by atoms with Crippen molar-refractivity contribution < 1.29 is 48.3 Å². The van der Waals surface area contributed by atoms with E-state index in [4.69, 9.17) is 0 Å². The molecule has 172 valence electrons. The normalized spacial score (nSPS) is 12.8. The first-order valence-electron chi connectivity index (χ1n) is 8.29. The second kappa shape index (κ2) is 7.76. The van der Waals surface area contributed by atoms with Gasteiger partial charge in [-0.25, -0.2) is 22.2 Å². The molecular weight excluding hydrogens is 476 g/mol. The van der Waals surface area contributed by atoms with E-state index in [1.807, 2.05) is 4.98 Å². The lowest BCUT2D eigenvalue weighted by Crippen LogP contribution is -2.16. The first-order valence-corrected chi connectivity index (χ1v) is 10.2. The summed E-state index contributed by atoms with van der Waals surface area (Å²) < 4.78 is 132. The fourth-order valence-corrected chi connectivity index (χ4v) is 3.46. The third-order valence-corrected chi connectivity index (χ3v) is 5.14. The number of aromatic nitrogens is 2. The van der Waals surface area contributed by atoms with Crippen molar-refractivity contribution in [1.29, 1.82) is 0 Å². The number of nitrogens with zero attached hydrogens (tertiary/aromatic N) is 1. The molecule has 0 spiro atoms. The maximum Gasteiger partial charge on any atom is 0.573 e. The van der Waals surface area contributed by atoms with E-state index in [9.17, 15) is 43.5 Å². The Morgan fingerprint density at radius 3 is 2.03 bits per heavy atom. The number of benzene rings is 2. The van der Waals surface area contributed by atoms with Crippen molar-refractivity contribution >= 4 is 9.84 Å². The first kappa shape index (κ1) is 23.5. The molecule has 1 aromatic heterocycles. The van der Waals surface area contributed by atoms with Crippen LogP contribution < -0.4 is 4.74 Å². The van der Waals surface area contributed by atoms with Crippen LogP contribution >= 0.6 is 0 Å². The van der Waals surface area contributed by atoms with E-state index in [0.717, 1.165) is 24.3 Å². The molecular formula is C18H10F8N2O3S. The van der Waals surface area contributed by atoms with Crippen LogP contribution in [0.25, 0.3) is 22.5 Å². The molecule has 0 aliphatic heterocycles. The molecule has 0 unspecified atom stereocenters. The smallest absolute Gasteiger partial charge is 0.406 e. The lowest BCUT2D eigenvalue weighted by atomic mass is 10.0. The Bertz CT molecular complexity index is 1260. The quantitative estimate of drug-likeness (QED) is 0.506. The number of H-pyrrole nitrogens is 1. The van der Waals surface area contributed by atoms with E-state index in [0.29, 0.717) is 18.4 Å². The number of hydrogen-bond acceptors (Lipinski definition) is 4. The number of sulfone groups is 1. The average Bonchev–Trinajstić information content (AvgIpc) is 3.07. The van der Waals surface area contributed by atoms with Crippen molar-refractivity contribution in [3.05, 3.63) is 53.9 Å². The number of rotatable bonds is 4. The highest BCUT2D eigenvalue weighted by Gasteiger charge is 2.37. The molecule has 14 heteroatoms. The second-order valence-corrected chi connectivity index (χ2v) is 8.40. The van der Waals surface area contributed by atoms with Gasteiger partial charge in [0.25, 0.3) is 0 Å².